The maximum Gasteiger partial charge on any atom is 0.327 e. The number of amides is 3. The van der Waals surface area contributed by atoms with E-state index in [4.69, 9.17) is 4.74 Å². The molecular formula is C18H22N2O3S2. The van der Waals surface area contributed by atoms with Crippen LogP contribution in [0.1, 0.15) is 23.1 Å². The van der Waals surface area contributed by atoms with Crippen molar-refractivity contribution in [2.75, 3.05) is 31.2 Å². The number of hydrogen-bond donors (Lipinski definition) is 0. The molecule has 3 amide bonds. The van der Waals surface area contributed by atoms with E-state index in [1.54, 1.807) is 0 Å². The molecule has 25 heavy (non-hydrogen) atoms. The first-order valence-electron chi connectivity index (χ1n) is 8.71. The number of rotatable bonds is 4. The van der Waals surface area contributed by atoms with Crippen LogP contribution in [0.5, 0.6) is 0 Å². The first kappa shape index (κ1) is 17.2. The van der Waals surface area contributed by atoms with Gasteiger partial charge in [0.25, 0.3) is 0 Å². The maximum absolute atomic E-state index is 12.8. The van der Waals surface area contributed by atoms with Gasteiger partial charge in [0.2, 0.25) is 5.91 Å². The molecule has 134 valence electrons. The van der Waals surface area contributed by atoms with Crippen LogP contribution in [0.15, 0.2) is 18.2 Å². The van der Waals surface area contributed by atoms with Crippen molar-refractivity contribution in [1.29, 1.82) is 0 Å². The minimum Gasteiger partial charge on any atom is -0.376 e. The second-order valence-electron chi connectivity index (χ2n) is 6.54. The number of carbonyl (C=O) groups is 2. The molecule has 0 atom stereocenters. The fourth-order valence-electron chi connectivity index (χ4n) is 3.46. The molecule has 4 rings (SSSR count). The molecule has 2 fully saturated rings. The summed E-state index contributed by atoms with van der Waals surface area (Å²) in [4.78, 5) is 28.4. The summed E-state index contributed by atoms with van der Waals surface area (Å²) < 4.78 is 5.96. The van der Waals surface area contributed by atoms with Crippen LogP contribution < -0.4 is 0 Å². The van der Waals surface area contributed by atoms with Crippen molar-refractivity contribution in [3.8, 4) is 0 Å². The molecule has 0 aliphatic carbocycles. The minimum atomic E-state index is -0.140. The molecule has 0 saturated carbocycles. The first-order chi connectivity index (χ1) is 12.2. The van der Waals surface area contributed by atoms with Crippen LogP contribution >= 0.6 is 23.5 Å². The molecule has 0 N–H and O–H groups in total. The molecule has 0 radical (unpaired) electrons. The van der Waals surface area contributed by atoms with Crippen molar-refractivity contribution in [1.82, 2.24) is 9.80 Å². The monoisotopic (exact) mass is 378 g/mol. The van der Waals surface area contributed by atoms with Crippen molar-refractivity contribution >= 4 is 35.5 Å². The van der Waals surface area contributed by atoms with E-state index in [-0.39, 0.29) is 11.9 Å². The topological polar surface area (TPSA) is 49.9 Å². The third-order valence-electron chi connectivity index (χ3n) is 4.84. The van der Waals surface area contributed by atoms with E-state index >= 15 is 0 Å². The summed E-state index contributed by atoms with van der Waals surface area (Å²) in [7, 11) is 0. The molecule has 1 aromatic rings. The van der Waals surface area contributed by atoms with E-state index in [9.17, 15) is 9.59 Å². The van der Waals surface area contributed by atoms with E-state index in [2.05, 4.69) is 12.1 Å². The molecule has 0 aromatic heterocycles. The molecule has 0 bridgehead atoms. The number of benzene rings is 1. The third-order valence-corrected chi connectivity index (χ3v) is 7.84. The second-order valence-corrected chi connectivity index (χ2v) is 9.45. The number of carbonyl (C=O) groups excluding carboxylic acids is 2. The number of hydrogen-bond acceptors (Lipinski definition) is 5. The van der Waals surface area contributed by atoms with Gasteiger partial charge in [-0.15, -0.1) is 23.5 Å². The summed E-state index contributed by atoms with van der Waals surface area (Å²) in [5, 5.41) is 0. The normalized spacial score (nSPS) is 21.8. The summed E-state index contributed by atoms with van der Waals surface area (Å²) in [6, 6.07) is 6.08. The van der Waals surface area contributed by atoms with Gasteiger partial charge in [0, 0.05) is 31.0 Å². The lowest BCUT2D eigenvalue weighted by atomic mass is 10.00. The van der Waals surface area contributed by atoms with E-state index in [0.717, 1.165) is 36.6 Å². The highest BCUT2D eigenvalue weighted by molar-refractivity contribution is 8.20. The number of nitrogens with zero attached hydrogens (tertiary/aromatic N) is 2. The van der Waals surface area contributed by atoms with Gasteiger partial charge in [-0.25, -0.2) is 4.79 Å². The van der Waals surface area contributed by atoms with Gasteiger partial charge in [-0.3, -0.25) is 9.69 Å². The average Bonchev–Trinajstić information content (AvgIpc) is 3.14. The number of ether oxygens (including phenoxy) is 1. The maximum atomic E-state index is 12.8. The molecule has 7 heteroatoms. The zero-order valence-corrected chi connectivity index (χ0v) is 15.7. The van der Waals surface area contributed by atoms with Gasteiger partial charge in [0.15, 0.2) is 0 Å². The number of thioether (sulfide) groups is 2. The fraction of sp³-hybridized carbons (Fsp3) is 0.556. The highest BCUT2D eigenvalue weighted by Gasteiger charge is 2.34. The minimum absolute atomic E-state index is 0.0676. The smallest absolute Gasteiger partial charge is 0.327 e. The number of urea groups is 1. The Morgan fingerprint density at radius 2 is 1.96 bits per heavy atom. The zero-order valence-electron chi connectivity index (χ0n) is 14.1. The zero-order chi connectivity index (χ0) is 17.2. The van der Waals surface area contributed by atoms with E-state index in [0.29, 0.717) is 30.7 Å². The Labute approximate surface area is 156 Å². The quantitative estimate of drug-likeness (QED) is 0.806. The molecule has 3 heterocycles. The summed E-state index contributed by atoms with van der Waals surface area (Å²) in [6.07, 6.45) is 1.35. The van der Waals surface area contributed by atoms with Crippen LogP contribution in [0.25, 0.3) is 0 Å². The standard InChI is InChI=1S/C18H22N2O3S2/c21-16-3-5-19(11-17-24-7-8-25-17)18(22)20(16)10-13-1-2-14-4-6-23-12-15(14)9-13/h1-2,9,17H,3-8,10-12H2. The van der Waals surface area contributed by atoms with E-state index in [1.165, 1.54) is 16.0 Å². The van der Waals surface area contributed by atoms with Gasteiger partial charge in [-0.1, -0.05) is 18.2 Å². The van der Waals surface area contributed by atoms with E-state index in [1.807, 2.05) is 34.5 Å². The van der Waals surface area contributed by atoms with E-state index < -0.39 is 0 Å². The van der Waals surface area contributed by atoms with Crippen LogP contribution in [-0.2, 0) is 29.1 Å². The predicted octanol–water partition coefficient (Wildman–Crippen LogP) is 2.72. The first-order valence-corrected chi connectivity index (χ1v) is 10.8. The Kier molecular flexibility index (Phi) is 5.24. The largest absolute Gasteiger partial charge is 0.376 e. The Morgan fingerprint density at radius 3 is 2.80 bits per heavy atom. The van der Waals surface area contributed by atoms with Gasteiger partial charge in [0.1, 0.15) is 0 Å². The summed E-state index contributed by atoms with van der Waals surface area (Å²) >= 11 is 3.82. The third kappa shape index (κ3) is 3.83. The number of imide groups is 1. The molecule has 0 spiro atoms. The van der Waals surface area contributed by atoms with Crippen LogP contribution in [0.3, 0.4) is 0 Å². The Balaban J connectivity index is 1.46. The lowest BCUT2D eigenvalue weighted by Crippen LogP contribution is -2.52. The molecular weight excluding hydrogens is 356 g/mol. The van der Waals surface area contributed by atoms with Crippen molar-refractivity contribution < 1.29 is 14.3 Å². The Morgan fingerprint density at radius 1 is 1.12 bits per heavy atom. The number of fused-ring (bicyclic) bond motifs is 1. The SMILES string of the molecule is O=C1CCN(CC2SCCS2)C(=O)N1Cc1ccc2c(c1)COCC2. The van der Waals surface area contributed by atoms with Crippen LogP contribution in [0.2, 0.25) is 0 Å². The highest BCUT2D eigenvalue weighted by Crippen LogP contribution is 2.33. The summed E-state index contributed by atoms with van der Waals surface area (Å²) in [5.74, 6) is 2.23. The van der Waals surface area contributed by atoms with Crippen molar-refractivity contribution in [2.24, 2.45) is 0 Å². The Bertz CT molecular complexity index is 676. The highest BCUT2D eigenvalue weighted by atomic mass is 32.2. The predicted molar refractivity (Wildman–Crippen MR) is 101 cm³/mol. The van der Waals surface area contributed by atoms with Gasteiger partial charge >= 0.3 is 6.03 Å². The van der Waals surface area contributed by atoms with Gasteiger partial charge in [-0.05, 0) is 23.1 Å². The van der Waals surface area contributed by atoms with Crippen LogP contribution in [-0.4, -0.2) is 57.5 Å². The average molecular weight is 379 g/mol. The summed E-state index contributed by atoms with van der Waals surface area (Å²) in [6.45, 7) is 3.01. The van der Waals surface area contributed by atoms with Gasteiger partial charge < -0.3 is 9.64 Å². The van der Waals surface area contributed by atoms with Crippen LogP contribution in [0.4, 0.5) is 4.79 Å². The van der Waals surface area contributed by atoms with Crippen molar-refractivity contribution in [3.63, 3.8) is 0 Å². The van der Waals surface area contributed by atoms with Crippen molar-refractivity contribution in [2.45, 2.75) is 30.6 Å². The lowest BCUT2D eigenvalue weighted by molar-refractivity contribution is -0.131. The molecule has 0 unspecified atom stereocenters. The lowest BCUT2D eigenvalue weighted by Gasteiger charge is -2.35. The molecule has 3 aliphatic rings. The molecule has 2 saturated heterocycles. The fourth-order valence-corrected chi connectivity index (χ4v) is 6.29. The Hall–Kier alpha value is -1.18. The second kappa shape index (κ2) is 7.60. The molecule has 3 aliphatic heterocycles. The van der Waals surface area contributed by atoms with Crippen LogP contribution in [0, 0.1) is 0 Å². The molecule has 1 aromatic carbocycles. The molecule has 5 nitrogen and oxygen atoms in total. The van der Waals surface area contributed by atoms with Crippen molar-refractivity contribution in [3.05, 3.63) is 34.9 Å². The van der Waals surface area contributed by atoms with Gasteiger partial charge in [-0.2, -0.15) is 0 Å². The van der Waals surface area contributed by atoms with Gasteiger partial charge in [0.05, 0.1) is 24.3 Å². The summed E-state index contributed by atoms with van der Waals surface area (Å²) in [5.41, 5.74) is 3.48.